The highest BCUT2D eigenvalue weighted by Gasteiger charge is 2.26. The molecule has 138 valence electrons. The molecule has 2 aliphatic heterocycles. The first-order valence-corrected chi connectivity index (χ1v) is 9.11. The molecule has 0 saturated carbocycles. The maximum atomic E-state index is 12.1. The highest BCUT2D eigenvalue weighted by Crippen LogP contribution is 2.17. The summed E-state index contributed by atoms with van der Waals surface area (Å²) in [5.74, 6) is 0.518. The monoisotopic (exact) mass is 340 g/mol. The summed E-state index contributed by atoms with van der Waals surface area (Å²) >= 11 is 0. The number of methoxy groups -OCH3 is 1. The molecule has 0 spiro atoms. The summed E-state index contributed by atoms with van der Waals surface area (Å²) in [4.78, 5) is 27.9. The van der Waals surface area contributed by atoms with E-state index in [4.69, 9.17) is 4.74 Å². The van der Waals surface area contributed by atoms with Crippen LogP contribution in [0.2, 0.25) is 0 Å². The van der Waals surface area contributed by atoms with Crippen molar-refractivity contribution < 1.29 is 14.3 Å². The standard InChI is InChI=1S/C17H32N4O3/c1-13(2)20-8-4-6-14(11-20)10-18-16(22)19-15-7-5-9-21(12-15)17(23)24-3/h13-15H,4-12H2,1-3H3,(H2,18,19,22)/t14-,15-/m0/s1. The van der Waals surface area contributed by atoms with Crippen LogP contribution < -0.4 is 10.6 Å². The van der Waals surface area contributed by atoms with Crippen molar-refractivity contribution in [3.63, 3.8) is 0 Å². The highest BCUT2D eigenvalue weighted by molar-refractivity contribution is 5.74. The first-order chi connectivity index (χ1) is 11.5. The van der Waals surface area contributed by atoms with Gasteiger partial charge in [0, 0.05) is 38.3 Å². The molecule has 0 radical (unpaired) electrons. The quantitative estimate of drug-likeness (QED) is 0.816. The Bertz CT molecular complexity index is 430. The average Bonchev–Trinajstić information content (AvgIpc) is 2.59. The van der Waals surface area contributed by atoms with Crippen LogP contribution in [0.1, 0.15) is 39.5 Å². The summed E-state index contributed by atoms with van der Waals surface area (Å²) in [6.07, 6.45) is 3.82. The molecule has 0 aliphatic carbocycles. The minimum atomic E-state index is -0.321. The maximum Gasteiger partial charge on any atom is 0.409 e. The summed E-state index contributed by atoms with van der Waals surface area (Å²) in [6.45, 7) is 8.58. The zero-order valence-corrected chi connectivity index (χ0v) is 15.2. The number of hydrogen-bond acceptors (Lipinski definition) is 4. The molecule has 0 unspecified atom stereocenters. The molecule has 2 saturated heterocycles. The lowest BCUT2D eigenvalue weighted by molar-refractivity contribution is 0.107. The van der Waals surface area contributed by atoms with Crippen LogP contribution in [-0.2, 0) is 4.74 Å². The van der Waals surface area contributed by atoms with Crippen LogP contribution in [-0.4, -0.2) is 73.8 Å². The van der Waals surface area contributed by atoms with Crippen molar-refractivity contribution in [2.45, 2.75) is 51.6 Å². The normalized spacial score (nSPS) is 25.4. The maximum absolute atomic E-state index is 12.1. The summed E-state index contributed by atoms with van der Waals surface area (Å²) in [7, 11) is 1.39. The fraction of sp³-hybridized carbons (Fsp3) is 0.882. The first-order valence-electron chi connectivity index (χ1n) is 9.11. The smallest absolute Gasteiger partial charge is 0.409 e. The number of carbonyl (C=O) groups excluding carboxylic acids is 2. The van der Waals surface area contributed by atoms with Crippen molar-refractivity contribution in [3.8, 4) is 0 Å². The fourth-order valence-electron chi connectivity index (χ4n) is 3.60. The Labute approximate surface area is 145 Å². The summed E-state index contributed by atoms with van der Waals surface area (Å²) < 4.78 is 4.75. The fourth-order valence-corrected chi connectivity index (χ4v) is 3.60. The minimum absolute atomic E-state index is 0.00336. The van der Waals surface area contributed by atoms with E-state index >= 15 is 0 Å². The van der Waals surface area contributed by atoms with Crippen molar-refractivity contribution in [1.29, 1.82) is 0 Å². The Balaban J connectivity index is 1.70. The van der Waals surface area contributed by atoms with Gasteiger partial charge in [-0.3, -0.25) is 0 Å². The van der Waals surface area contributed by atoms with Gasteiger partial charge in [0.25, 0.3) is 0 Å². The van der Waals surface area contributed by atoms with E-state index in [1.165, 1.54) is 20.0 Å². The molecule has 24 heavy (non-hydrogen) atoms. The van der Waals surface area contributed by atoms with Crippen molar-refractivity contribution in [1.82, 2.24) is 20.4 Å². The van der Waals surface area contributed by atoms with Crippen molar-refractivity contribution >= 4 is 12.1 Å². The van der Waals surface area contributed by atoms with Gasteiger partial charge >= 0.3 is 12.1 Å². The van der Waals surface area contributed by atoms with Gasteiger partial charge in [-0.2, -0.15) is 0 Å². The van der Waals surface area contributed by atoms with Gasteiger partial charge in [-0.25, -0.2) is 9.59 Å². The molecule has 7 heteroatoms. The molecule has 2 fully saturated rings. The Morgan fingerprint density at radius 1 is 1.17 bits per heavy atom. The Kier molecular flexibility index (Phi) is 7.15. The molecule has 0 bridgehead atoms. The SMILES string of the molecule is COC(=O)N1CCC[C@H](NC(=O)NC[C@@H]2CCCN(C(C)C)C2)C1. The number of carbonyl (C=O) groups is 2. The van der Waals surface area contributed by atoms with Crippen molar-refractivity contribution in [3.05, 3.63) is 0 Å². The molecule has 0 aromatic carbocycles. The van der Waals surface area contributed by atoms with Crippen LogP contribution in [0.25, 0.3) is 0 Å². The zero-order valence-electron chi connectivity index (χ0n) is 15.2. The summed E-state index contributed by atoms with van der Waals surface area (Å²) in [6, 6.07) is 0.429. The third-order valence-electron chi connectivity index (χ3n) is 5.02. The van der Waals surface area contributed by atoms with Crippen LogP contribution in [0.4, 0.5) is 9.59 Å². The number of piperidine rings is 2. The van der Waals surface area contributed by atoms with Crippen LogP contribution in [0.3, 0.4) is 0 Å². The number of nitrogens with zero attached hydrogens (tertiary/aromatic N) is 2. The van der Waals surface area contributed by atoms with E-state index < -0.39 is 0 Å². The number of rotatable bonds is 4. The van der Waals surface area contributed by atoms with Crippen molar-refractivity contribution in [2.75, 3.05) is 39.8 Å². The van der Waals surface area contributed by atoms with Gasteiger partial charge in [0.05, 0.1) is 7.11 Å². The highest BCUT2D eigenvalue weighted by atomic mass is 16.5. The average molecular weight is 340 g/mol. The van der Waals surface area contributed by atoms with Crippen LogP contribution in [0.15, 0.2) is 0 Å². The van der Waals surface area contributed by atoms with Gasteiger partial charge < -0.3 is 25.2 Å². The van der Waals surface area contributed by atoms with Crippen molar-refractivity contribution in [2.24, 2.45) is 5.92 Å². The second kappa shape index (κ2) is 9.11. The number of amides is 3. The molecule has 2 aliphatic rings. The Morgan fingerprint density at radius 3 is 2.62 bits per heavy atom. The Morgan fingerprint density at radius 2 is 1.92 bits per heavy atom. The number of ether oxygens (including phenoxy) is 1. The molecule has 2 N–H and O–H groups in total. The molecular formula is C17H32N4O3. The molecule has 2 heterocycles. The number of nitrogens with one attached hydrogen (secondary N) is 2. The lowest BCUT2D eigenvalue weighted by atomic mass is 9.97. The van der Waals surface area contributed by atoms with E-state index in [0.717, 1.165) is 25.9 Å². The first kappa shape index (κ1) is 18.8. The van der Waals surface area contributed by atoms with Crippen LogP contribution >= 0.6 is 0 Å². The summed E-state index contributed by atoms with van der Waals surface area (Å²) in [5, 5.41) is 5.99. The van der Waals surface area contributed by atoms with E-state index in [1.807, 2.05) is 0 Å². The van der Waals surface area contributed by atoms with E-state index in [0.29, 0.717) is 31.6 Å². The van der Waals surface area contributed by atoms with Gasteiger partial charge in [-0.1, -0.05) is 0 Å². The van der Waals surface area contributed by atoms with Gasteiger partial charge in [0.15, 0.2) is 0 Å². The lowest BCUT2D eigenvalue weighted by Gasteiger charge is -2.35. The summed E-state index contributed by atoms with van der Waals surface area (Å²) in [5.41, 5.74) is 0. The Hall–Kier alpha value is -1.50. The second-order valence-corrected chi connectivity index (χ2v) is 7.21. The predicted molar refractivity (Wildman–Crippen MR) is 93.0 cm³/mol. The molecule has 3 amide bonds. The lowest BCUT2D eigenvalue weighted by Crippen LogP contribution is -2.53. The van der Waals surface area contributed by atoms with Gasteiger partial charge in [-0.15, -0.1) is 0 Å². The van der Waals surface area contributed by atoms with E-state index in [9.17, 15) is 9.59 Å². The topological polar surface area (TPSA) is 73.9 Å². The third kappa shape index (κ3) is 5.54. The molecule has 2 atom stereocenters. The van der Waals surface area contributed by atoms with Crippen LogP contribution in [0.5, 0.6) is 0 Å². The molecule has 0 aromatic rings. The van der Waals surface area contributed by atoms with Crippen LogP contribution in [0, 0.1) is 5.92 Å². The number of urea groups is 1. The van der Waals surface area contributed by atoms with E-state index in [2.05, 4.69) is 29.4 Å². The second-order valence-electron chi connectivity index (χ2n) is 7.21. The van der Waals surface area contributed by atoms with E-state index in [1.54, 1.807) is 4.90 Å². The van der Waals surface area contributed by atoms with E-state index in [-0.39, 0.29) is 18.2 Å². The molecular weight excluding hydrogens is 308 g/mol. The zero-order chi connectivity index (χ0) is 17.5. The largest absolute Gasteiger partial charge is 0.453 e. The number of hydrogen-bond donors (Lipinski definition) is 2. The van der Waals surface area contributed by atoms with Gasteiger partial charge in [-0.05, 0) is 52.0 Å². The van der Waals surface area contributed by atoms with Gasteiger partial charge in [0.1, 0.15) is 0 Å². The predicted octanol–water partition coefficient (Wildman–Crippen LogP) is 1.64. The van der Waals surface area contributed by atoms with Gasteiger partial charge in [0.2, 0.25) is 0 Å². The third-order valence-corrected chi connectivity index (χ3v) is 5.02. The molecule has 7 nitrogen and oxygen atoms in total. The molecule has 0 aromatic heterocycles. The minimum Gasteiger partial charge on any atom is -0.453 e. The number of likely N-dealkylation sites (tertiary alicyclic amines) is 2. The molecule has 2 rings (SSSR count).